The number of benzene rings is 2. The number of imidazole rings is 1. The standard InChI is InChI=1S/C30H33ClF3N5O7S/c1-17-12-20(37-8-10-45-11-9-37)14-22-25(17)36-26(39(22)28(42)46-29(2,3)4)24-21(16-38(27(24)41)47(43,44)30(32,33)34)35-15-23(40)18-6-5-7-19(31)13-18/h5-7,12-14,16,23,35,40-41H,8-11,15H2,1-4H3/t23-/m1/s1. The van der Waals surface area contributed by atoms with Gasteiger partial charge in [-0.3, -0.25) is 0 Å². The highest BCUT2D eigenvalue weighted by atomic mass is 35.5. The van der Waals surface area contributed by atoms with E-state index in [1.165, 1.54) is 6.07 Å². The Hall–Kier alpha value is -3.99. The van der Waals surface area contributed by atoms with Crippen molar-refractivity contribution >= 4 is 50.1 Å². The van der Waals surface area contributed by atoms with E-state index in [-0.39, 0.29) is 27.2 Å². The zero-order valence-electron chi connectivity index (χ0n) is 25.8. The molecule has 1 aliphatic rings. The summed E-state index contributed by atoms with van der Waals surface area (Å²) >= 11 is 6.03. The Morgan fingerprint density at radius 1 is 1.17 bits per heavy atom. The molecule has 17 heteroatoms. The maximum atomic E-state index is 13.8. The largest absolute Gasteiger partial charge is 0.517 e. The molecule has 254 valence electrons. The number of nitrogens with one attached hydrogen (secondary N) is 1. The van der Waals surface area contributed by atoms with E-state index in [2.05, 4.69) is 10.3 Å². The summed E-state index contributed by atoms with van der Waals surface area (Å²) in [4.78, 5) is 20.4. The van der Waals surface area contributed by atoms with E-state index in [1.807, 2.05) is 11.0 Å². The van der Waals surface area contributed by atoms with Gasteiger partial charge in [0.2, 0.25) is 5.88 Å². The van der Waals surface area contributed by atoms with Crippen molar-refractivity contribution in [3.05, 3.63) is 58.7 Å². The first-order valence-corrected chi connectivity index (χ1v) is 16.2. The fourth-order valence-corrected chi connectivity index (χ4v) is 6.14. The Balaban J connectivity index is 1.74. The average molecular weight is 700 g/mol. The number of carbonyl (C=O) groups is 1. The second-order valence-electron chi connectivity index (χ2n) is 11.9. The molecule has 1 aliphatic heterocycles. The van der Waals surface area contributed by atoms with Crippen LogP contribution in [0.15, 0.2) is 42.6 Å². The van der Waals surface area contributed by atoms with Crippen molar-refractivity contribution in [1.29, 1.82) is 0 Å². The van der Waals surface area contributed by atoms with E-state index in [0.29, 0.717) is 54.3 Å². The second-order valence-corrected chi connectivity index (χ2v) is 14.2. The highest BCUT2D eigenvalue weighted by Gasteiger charge is 2.49. The molecule has 3 heterocycles. The van der Waals surface area contributed by atoms with Crippen molar-refractivity contribution in [1.82, 2.24) is 13.5 Å². The van der Waals surface area contributed by atoms with Crippen LogP contribution >= 0.6 is 11.6 Å². The molecule has 1 saturated heterocycles. The van der Waals surface area contributed by atoms with Crippen molar-refractivity contribution in [2.75, 3.05) is 43.1 Å². The average Bonchev–Trinajstić information content (AvgIpc) is 3.52. The number of carbonyl (C=O) groups excluding carboxylic acids is 1. The maximum absolute atomic E-state index is 13.8. The van der Waals surface area contributed by atoms with Crippen LogP contribution in [0.25, 0.3) is 22.4 Å². The van der Waals surface area contributed by atoms with Gasteiger partial charge in [0.15, 0.2) is 5.82 Å². The Morgan fingerprint density at radius 2 is 1.85 bits per heavy atom. The normalized spacial score (nSPS) is 15.2. The van der Waals surface area contributed by atoms with Gasteiger partial charge in [0, 0.05) is 36.5 Å². The van der Waals surface area contributed by atoms with Gasteiger partial charge in [0.25, 0.3) is 0 Å². The van der Waals surface area contributed by atoms with Crippen LogP contribution < -0.4 is 10.2 Å². The van der Waals surface area contributed by atoms with E-state index in [4.69, 9.17) is 21.1 Å². The first-order chi connectivity index (χ1) is 21.9. The van der Waals surface area contributed by atoms with E-state index in [0.717, 1.165) is 4.57 Å². The molecule has 1 atom stereocenters. The molecule has 0 amide bonds. The molecule has 47 heavy (non-hydrogen) atoms. The summed E-state index contributed by atoms with van der Waals surface area (Å²) in [7, 11) is -6.16. The fourth-order valence-electron chi connectivity index (χ4n) is 5.15. The van der Waals surface area contributed by atoms with Gasteiger partial charge in [-0.2, -0.15) is 21.6 Å². The van der Waals surface area contributed by atoms with Crippen LogP contribution in [0.3, 0.4) is 0 Å². The van der Waals surface area contributed by atoms with Crippen LogP contribution in [0.2, 0.25) is 5.02 Å². The number of ether oxygens (including phenoxy) is 2. The molecule has 4 aromatic rings. The molecule has 2 aromatic carbocycles. The summed E-state index contributed by atoms with van der Waals surface area (Å²) in [6.07, 6.45) is -1.73. The molecule has 0 spiro atoms. The predicted octanol–water partition coefficient (Wildman–Crippen LogP) is 5.64. The van der Waals surface area contributed by atoms with E-state index >= 15 is 0 Å². The minimum Gasteiger partial charge on any atom is -0.493 e. The first kappa shape index (κ1) is 34.3. The maximum Gasteiger partial charge on any atom is 0.517 e. The molecule has 0 radical (unpaired) electrons. The molecule has 0 unspecified atom stereocenters. The molecular weight excluding hydrogens is 667 g/mol. The number of alkyl halides is 3. The van der Waals surface area contributed by atoms with Gasteiger partial charge in [-0.1, -0.05) is 23.7 Å². The van der Waals surface area contributed by atoms with Gasteiger partial charge < -0.3 is 29.9 Å². The Morgan fingerprint density at radius 3 is 2.47 bits per heavy atom. The van der Waals surface area contributed by atoms with Crippen molar-refractivity contribution in [3.63, 3.8) is 0 Å². The zero-order chi connectivity index (χ0) is 34.5. The summed E-state index contributed by atoms with van der Waals surface area (Å²) in [5.41, 5.74) is -5.66. The summed E-state index contributed by atoms with van der Waals surface area (Å²) < 4.78 is 78.1. The van der Waals surface area contributed by atoms with Crippen LogP contribution in [-0.4, -0.2) is 82.2 Å². The zero-order valence-corrected chi connectivity index (χ0v) is 27.4. The van der Waals surface area contributed by atoms with Crippen LogP contribution in [-0.2, 0) is 19.5 Å². The number of aromatic hydroxyl groups is 1. The molecule has 3 N–H and O–H groups in total. The van der Waals surface area contributed by atoms with Crippen molar-refractivity contribution in [2.24, 2.45) is 0 Å². The van der Waals surface area contributed by atoms with E-state index in [9.17, 15) is 36.6 Å². The number of aliphatic hydroxyl groups is 1. The summed E-state index contributed by atoms with van der Waals surface area (Å²) in [5, 5.41) is 25.1. The lowest BCUT2D eigenvalue weighted by molar-refractivity contribution is -0.0448. The number of aromatic nitrogens is 3. The van der Waals surface area contributed by atoms with Crippen LogP contribution in [0.1, 0.15) is 38.0 Å². The van der Waals surface area contributed by atoms with Crippen molar-refractivity contribution < 1.29 is 46.1 Å². The summed E-state index contributed by atoms with van der Waals surface area (Å²) in [6, 6.07) is 9.68. The Kier molecular flexibility index (Phi) is 9.18. The molecule has 1 fully saturated rings. The summed E-state index contributed by atoms with van der Waals surface area (Å²) in [5.74, 6) is -1.77. The lowest BCUT2D eigenvalue weighted by atomic mass is 10.1. The highest BCUT2D eigenvalue weighted by Crippen LogP contribution is 2.43. The molecular formula is C30H33ClF3N5O7S. The number of morpholine rings is 1. The molecule has 5 rings (SSSR count). The van der Waals surface area contributed by atoms with Gasteiger partial charge in [-0.05, 0) is 63.1 Å². The van der Waals surface area contributed by atoms with Gasteiger partial charge in [0.1, 0.15) is 11.2 Å². The monoisotopic (exact) mass is 699 g/mol. The molecule has 12 nitrogen and oxygen atoms in total. The molecule has 0 bridgehead atoms. The van der Waals surface area contributed by atoms with Gasteiger partial charge in [-0.25, -0.2) is 18.3 Å². The van der Waals surface area contributed by atoms with Crippen molar-refractivity contribution in [3.8, 4) is 17.3 Å². The van der Waals surface area contributed by atoms with Gasteiger partial charge in [-0.15, -0.1) is 0 Å². The minimum atomic E-state index is -6.16. The number of aliphatic hydroxyl groups excluding tert-OH is 1. The molecule has 2 aromatic heterocycles. The number of anilines is 2. The summed E-state index contributed by atoms with van der Waals surface area (Å²) in [6.45, 7) is 8.25. The number of nitrogens with zero attached hydrogens (tertiary/aromatic N) is 4. The number of halogens is 4. The topological polar surface area (TPSA) is 148 Å². The van der Waals surface area contributed by atoms with Crippen LogP contribution in [0.4, 0.5) is 29.3 Å². The smallest absolute Gasteiger partial charge is 0.493 e. The predicted molar refractivity (Wildman–Crippen MR) is 169 cm³/mol. The van der Waals surface area contributed by atoms with Gasteiger partial charge in [0.05, 0.1) is 36.0 Å². The van der Waals surface area contributed by atoms with E-state index < -0.39 is 50.6 Å². The SMILES string of the molecule is Cc1cc(N2CCOCC2)cc2c1nc(-c1c(NC[C@@H](O)c3cccc(Cl)c3)cn(S(=O)(=O)C(F)(F)F)c1O)n2C(=O)OC(C)(C)C. The number of hydrogen-bond acceptors (Lipinski definition) is 10. The Bertz CT molecular complexity index is 1930. The lowest BCUT2D eigenvalue weighted by Crippen LogP contribution is -2.36. The molecule has 0 saturated carbocycles. The number of aryl methyl sites for hydroxylation is 1. The fraction of sp³-hybridized carbons (Fsp3) is 0.400. The van der Waals surface area contributed by atoms with E-state index in [1.54, 1.807) is 52.0 Å². The Labute approximate surface area is 273 Å². The van der Waals surface area contributed by atoms with Crippen LogP contribution in [0.5, 0.6) is 5.88 Å². The van der Waals surface area contributed by atoms with Crippen LogP contribution in [0, 0.1) is 6.92 Å². The van der Waals surface area contributed by atoms with Gasteiger partial charge >= 0.3 is 21.6 Å². The lowest BCUT2D eigenvalue weighted by Gasteiger charge is -2.29. The number of hydrogen-bond donors (Lipinski definition) is 3. The minimum absolute atomic E-state index is 0.200. The number of fused-ring (bicyclic) bond motifs is 1. The quantitative estimate of drug-likeness (QED) is 0.222. The third kappa shape index (κ3) is 6.86. The highest BCUT2D eigenvalue weighted by molar-refractivity contribution is 7.90. The van der Waals surface area contributed by atoms with Crippen molar-refractivity contribution in [2.45, 2.75) is 44.9 Å². The number of rotatable bonds is 7. The third-order valence-corrected chi connectivity index (χ3v) is 8.95. The molecule has 0 aliphatic carbocycles. The first-order valence-electron chi connectivity index (χ1n) is 14.4. The third-order valence-electron chi connectivity index (χ3n) is 7.33. The second kappa shape index (κ2) is 12.6.